The highest BCUT2D eigenvalue weighted by molar-refractivity contribution is 5.53. The number of halogens is 5. The third kappa shape index (κ3) is 3.10. The Morgan fingerprint density at radius 1 is 1.09 bits per heavy atom. The van der Waals surface area contributed by atoms with Crippen molar-refractivity contribution < 1.29 is 26.4 Å². The highest BCUT2D eigenvalue weighted by Gasteiger charge is 2.35. The molecule has 0 atom stereocenters. The predicted octanol–water partition coefficient (Wildman–Crippen LogP) is 4.49. The van der Waals surface area contributed by atoms with Gasteiger partial charge in [0.15, 0.2) is 11.5 Å². The second-order valence-electron chi connectivity index (χ2n) is 4.78. The summed E-state index contributed by atoms with van der Waals surface area (Å²) in [4.78, 5) is 0. The Morgan fingerprint density at radius 2 is 1.87 bits per heavy atom. The summed E-state index contributed by atoms with van der Waals surface area (Å²) in [7, 11) is 0. The molecule has 0 saturated carbocycles. The van der Waals surface area contributed by atoms with Gasteiger partial charge in [0.1, 0.15) is 17.3 Å². The van der Waals surface area contributed by atoms with Crippen LogP contribution in [0.25, 0.3) is 11.5 Å². The van der Waals surface area contributed by atoms with E-state index in [0.29, 0.717) is 6.07 Å². The Balaban J connectivity index is 2.05. The van der Waals surface area contributed by atoms with E-state index in [1.54, 1.807) is 0 Å². The van der Waals surface area contributed by atoms with Crippen LogP contribution in [-0.2, 0) is 12.7 Å². The second kappa shape index (κ2) is 5.53. The van der Waals surface area contributed by atoms with E-state index < -0.39 is 23.5 Å². The van der Waals surface area contributed by atoms with E-state index in [0.717, 1.165) is 22.9 Å². The monoisotopic (exact) mass is 328 g/mol. The van der Waals surface area contributed by atoms with Crippen molar-refractivity contribution >= 4 is 0 Å². The van der Waals surface area contributed by atoms with Crippen LogP contribution in [0.3, 0.4) is 0 Å². The Kier molecular flexibility index (Phi) is 3.67. The molecule has 0 saturated heterocycles. The molecular formula is C15H9F5N2O. The topological polar surface area (TPSA) is 31.0 Å². The number of furan rings is 1. The molecule has 0 unspecified atom stereocenters. The van der Waals surface area contributed by atoms with Crippen LogP contribution in [0.2, 0.25) is 0 Å². The summed E-state index contributed by atoms with van der Waals surface area (Å²) in [6, 6.07) is 6.65. The Hall–Kier alpha value is -2.64. The van der Waals surface area contributed by atoms with Gasteiger partial charge in [0.2, 0.25) is 0 Å². The molecule has 0 fully saturated rings. The van der Waals surface area contributed by atoms with Crippen molar-refractivity contribution in [3.8, 4) is 11.5 Å². The zero-order chi connectivity index (χ0) is 16.6. The quantitative estimate of drug-likeness (QED) is 0.663. The number of benzene rings is 1. The molecule has 120 valence electrons. The molecule has 2 aromatic heterocycles. The van der Waals surface area contributed by atoms with Crippen molar-refractivity contribution in [3.63, 3.8) is 0 Å². The Morgan fingerprint density at radius 3 is 2.48 bits per heavy atom. The normalized spacial score (nSPS) is 11.9. The molecule has 0 aliphatic heterocycles. The highest BCUT2D eigenvalue weighted by Crippen LogP contribution is 2.32. The van der Waals surface area contributed by atoms with Gasteiger partial charge in [-0.05, 0) is 24.3 Å². The Bertz CT molecular complexity index is 821. The first-order chi connectivity index (χ1) is 10.8. The van der Waals surface area contributed by atoms with E-state index in [1.807, 2.05) is 0 Å². The molecule has 23 heavy (non-hydrogen) atoms. The van der Waals surface area contributed by atoms with Crippen LogP contribution in [0.1, 0.15) is 11.3 Å². The minimum Gasteiger partial charge on any atom is -0.463 e. The molecule has 0 aliphatic rings. The third-order valence-electron chi connectivity index (χ3n) is 3.18. The fraction of sp³-hybridized carbons (Fsp3) is 0.133. The van der Waals surface area contributed by atoms with Gasteiger partial charge in [-0.1, -0.05) is 6.07 Å². The Labute approximate surface area is 127 Å². The lowest BCUT2D eigenvalue weighted by Gasteiger charge is -2.07. The fourth-order valence-corrected chi connectivity index (χ4v) is 2.11. The maximum atomic E-state index is 13.7. The van der Waals surface area contributed by atoms with Gasteiger partial charge in [0, 0.05) is 11.6 Å². The smallest absolute Gasteiger partial charge is 0.435 e. The predicted molar refractivity (Wildman–Crippen MR) is 70.4 cm³/mol. The van der Waals surface area contributed by atoms with Gasteiger partial charge < -0.3 is 4.42 Å². The van der Waals surface area contributed by atoms with E-state index in [4.69, 9.17) is 4.42 Å². The summed E-state index contributed by atoms with van der Waals surface area (Å²) < 4.78 is 71.3. The van der Waals surface area contributed by atoms with Crippen LogP contribution in [-0.4, -0.2) is 9.78 Å². The van der Waals surface area contributed by atoms with E-state index in [-0.39, 0.29) is 23.6 Å². The molecule has 0 bridgehead atoms. The van der Waals surface area contributed by atoms with Gasteiger partial charge in [0.25, 0.3) is 0 Å². The molecular weight excluding hydrogens is 319 g/mol. The zero-order valence-electron chi connectivity index (χ0n) is 11.4. The summed E-state index contributed by atoms with van der Waals surface area (Å²) in [5.74, 6) is -1.47. The zero-order valence-corrected chi connectivity index (χ0v) is 11.4. The minimum absolute atomic E-state index is 0.0102. The number of alkyl halides is 3. The molecule has 2 heterocycles. The standard InChI is InChI=1S/C15H9F5N2O/c16-10-4-3-9(11(17)6-10)8-22-12(13-2-1-5-23-13)7-14(21-22)15(18,19)20/h1-7H,8H2. The first-order valence-electron chi connectivity index (χ1n) is 6.47. The number of rotatable bonds is 3. The summed E-state index contributed by atoms with van der Waals surface area (Å²) in [5.41, 5.74) is -1.06. The molecule has 1 aromatic carbocycles. The maximum Gasteiger partial charge on any atom is 0.435 e. The van der Waals surface area contributed by atoms with Gasteiger partial charge in [-0.2, -0.15) is 18.3 Å². The maximum absolute atomic E-state index is 13.7. The number of hydrogen-bond donors (Lipinski definition) is 0. The van der Waals surface area contributed by atoms with Crippen LogP contribution in [0.15, 0.2) is 47.1 Å². The lowest BCUT2D eigenvalue weighted by Crippen LogP contribution is -2.09. The van der Waals surface area contributed by atoms with Gasteiger partial charge in [-0.15, -0.1) is 0 Å². The number of aromatic nitrogens is 2. The van der Waals surface area contributed by atoms with Crippen LogP contribution in [0.5, 0.6) is 0 Å². The summed E-state index contributed by atoms with van der Waals surface area (Å²) in [6.07, 6.45) is -3.34. The first-order valence-corrected chi connectivity index (χ1v) is 6.47. The third-order valence-corrected chi connectivity index (χ3v) is 3.18. The lowest BCUT2D eigenvalue weighted by atomic mass is 10.2. The summed E-state index contributed by atoms with van der Waals surface area (Å²) in [6.45, 7) is -0.293. The van der Waals surface area contributed by atoms with Crippen molar-refractivity contribution in [2.75, 3.05) is 0 Å². The lowest BCUT2D eigenvalue weighted by molar-refractivity contribution is -0.141. The molecule has 3 aromatic rings. The van der Waals surface area contributed by atoms with Crippen molar-refractivity contribution in [1.29, 1.82) is 0 Å². The number of hydrogen-bond acceptors (Lipinski definition) is 2. The molecule has 0 aliphatic carbocycles. The van der Waals surface area contributed by atoms with Gasteiger partial charge >= 0.3 is 6.18 Å². The van der Waals surface area contributed by atoms with E-state index in [9.17, 15) is 22.0 Å². The van der Waals surface area contributed by atoms with E-state index in [2.05, 4.69) is 5.10 Å². The molecule has 0 N–H and O–H groups in total. The average Bonchev–Trinajstić information content (AvgIpc) is 3.10. The van der Waals surface area contributed by atoms with Crippen LogP contribution in [0.4, 0.5) is 22.0 Å². The SMILES string of the molecule is Fc1ccc(Cn2nc(C(F)(F)F)cc2-c2ccco2)c(F)c1. The van der Waals surface area contributed by atoms with E-state index >= 15 is 0 Å². The van der Waals surface area contributed by atoms with Crippen molar-refractivity contribution in [1.82, 2.24) is 9.78 Å². The van der Waals surface area contributed by atoms with Crippen molar-refractivity contribution in [2.45, 2.75) is 12.7 Å². The molecule has 0 spiro atoms. The van der Waals surface area contributed by atoms with Crippen LogP contribution in [0, 0.1) is 11.6 Å². The van der Waals surface area contributed by atoms with Crippen LogP contribution < -0.4 is 0 Å². The summed E-state index contributed by atoms with van der Waals surface area (Å²) in [5, 5.41) is 3.47. The van der Waals surface area contributed by atoms with Crippen molar-refractivity contribution in [3.05, 3.63) is 65.6 Å². The highest BCUT2D eigenvalue weighted by atomic mass is 19.4. The fourth-order valence-electron chi connectivity index (χ4n) is 2.11. The van der Waals surface area contributed by atoms with E-state index in [1.165, 1.54) is 18.4 Å². The first kappa shape index (κ1) is 15.3. The second-order valence-corrected chi connectivity index (χ2v) is 4.78. The molecule has 3 nitrogen and oxygen atoms in total. The van der Waals surface area contributed by atoms with Gasteiger partial charge in [-0.3, -0.25) is 4.68 Å². The molecule has 8 heteroatoms. The average molecular weight is 328 g/mol. The minimum atomic E-state index is -4.64. The van der Waals surface area contributed by atoms with Crippen LogP contribution >= 0.6 is 0 Å². The molecule has 3 rings (SSSR count). The van der Waals surface area contributed by atoms with Gasteiger partial charge in [0.05, 0.1) is 12.8 Å². The van der Waals surface area contributed by atoms with Gasteiger partial charge in [-0.25, -0.2) is 8.78 Å². The summed E-state index contributed by atoms with van der Waals surface area (Å²) >= 11 is 0. The molecule has 0 amide bonds. The number of nitrogens with zero attached hydrogens (tertiary/aromatic N) is 2. The van der Waals surface area contributed by atoms with Crippen molar-refractivity contribution in [2.24, 2.45) is 0 Å². The molecule has 0 radical (unpaired) electrons. The largest absolute Gasteiger partial charge is 0.463 e.